The fraction of sp³-hybridized carbons (Fsp3) is 0.0930. The quantitative estimate of drug-likeness (QED) is 0.107. The van der Waals surface area contributed by atoms with Gasteiger partial charge in [0.05, 0.1) is 11.4 Å². The maximum atomic E-state index is 7.26. The molecular weight excluding hydrogens is 1130 g/mol. The van der Waals surface area contributed by atoms with Gasteiger partial charge in [0.25, 0.3) is 0 Å². The number of rotatable bonds is 14. The Morgan fingerprint density at radius 3 is 0.889 bits per heavy atom. The normalized spacial score (nSPS) is 11.6. The number of nitrogens with zero attached hydrogens (tertiary/aromatic N) is 2. The molecule has 0 unspecified atom stereocenters. The molecule has 4 heteroatoms. The van der Waals surface area contributed by atoms with Crippen molar-refractivity contribution in [1.82, 2.24) is 0 Å². The second-order valence-electron chi connectivity index (χ2n) is 25.3. The Kier molecular flexibility index (Phi) is 16.6. The monoisotopic (exact) mass is 1200 g/mol. The van der Waals surface area contributed by atoms with Gasteiger partial charge in [0.2, 0.25) is 0 Å². The van der Waals surface area contributed by atoms with E-state index in [4.69, 9.17) is 23.2 Å². The lowest BCUT2D eigenvalue weighted by Crippen LogP contribution is -2.19. The molecule has 0 atom stereocenters. The van der Waals surface area contributed by atoms with E-state index in [2.05, 4.69) is 355 Å². The maximum absolute atomic E-state index is 7.26. The molecule has 0 bridgehead atoms. The average Bonchev–Trinajstić information content (AvgIpc) is 0.770. The first-order valence-electron chi connectivity index (χ1n) is 30.9. The summed E-state index contributed by atoms with van der Waals surface area (Å²) in [6.07, 6.45) is 0. The van der Waals surface area contributed by atoms with Crippen LogP contribution in [0.2, 0.25) is 10.0 Å². The summed E-state index contributed by atoms with van der Waals surface area (Å²) >= 11 is 14.5. The van der Waals surface area contributed by atoms with Gasteiger partial charge < -0.3 is 9.80 Å². The summed E-state index contributed by atoms with van der Waals surface area (Å²) < 4.78 is 0. The lowest BCUT2D eigenvalue weighted by atomic mass is 9.81. The fourth-order valence-corrected chi connectivity index (χ4v) is 12.7. The molecule has 438 valence electrons. The lowest BCUT2D eigenvalue weighted by molar-refractivity contribution is 0.590. The number of benzene rings is 13. The van der Waals surface area contributed by atoms with Crippen LogP contribution in [-0.4, -0.2) is 0 Å². The SMILES string of the molecule is CC(C)(C)c1cc(N(c2cccc(Cl)c2)c2c(-c3ccccc3)cccc2-c2cccc(-c3cccc(-c4ccccc4)c3)c2)cc(N(c2cccc(Cl)c2)c2c(-c3ccccc3)cc(C(C)(C)C)cc2-c2cccc(-c3cccc(-c4ccccc4)c3)c2)c1. The van der Waals surface area contributed by atoms with Gasteiger partial charge in [-0.25, -0.2) is 0 Å². The van der Waals surface area contributed by atoms with E-state index in [-0.39, 0.29) is 10.8 Å². The number of para-hydroxylation sites is 1. The van der Waals surface area contributed by atoms with Gasteiger partial charge in [-0.15, -0.1) is 0 Å². The molecule has 0 aliphatic rings. The molecule has 0 aliphatic carbocycles. The predicted molar refractivity (Wildman–Crippen MR) is 387 cm³/mol. The minimum atomic E-state index is -0.334. The molecule has 13 aromatic rings. The summed E-state index contributed by atoms with van der Waals surface area (Å²) in [6.45, 7) is 13.9. The molecule has 0 N–H and O–H groups in total. The first-order valence-corrected chi connectivity index (χ1v) is 31.7. The second kappa shape index (κ2) is 25.3. The van der Waals surface area contributed by atoms with E-state index in [1.54, 1.807) is 0 Å². The van der Waals surface area contributed by atoms with Crippen LogP contribution in [0.25, 0.3) is 89.0 Å². The molecule has 13 aromatic carbocycles. The highest BCUT2D eigenvalue weighted by Crippen LogP contribution is 2.53. The number of hydrogen-bond donors (Lipinski definition) is 0. The van der Waals surface area contributed by atoms with Crippen LogP contribution in [0.1, 0.15) is 52.7 Å². The van der Waals surface area contributed by atoms with Crippen LogP contribution in [0.3, 0.4) is 0 Å². The van der Waals surface area contributed by atoms with Gasteiger partial charge in [-0.05, 0) is 180 Å². The molecule has 0 spiro atoms. The molecule has 0 amide bonds. The van der Waals surface area contributed by atoms with E-state index in [9.17, 15) is 0 Å². The molecule has 13 rings (SSSR count). The zero-order valence-electron chi connectivity index (χ0n) is 51.7. The highest BCUT2D eigenvalue weighted by Gasteiger charge is 2.30. The van der Waals surface area contributed by atoms with E-state index < -0.39 is 0 Å². The van der Waals surface area contributed by atoms with Crippen LogP contribution in [0.15, 0.2) is 315 Å². The van der Waals surface area contributed by atoms with Crippen LogP contribution >= 0.6 is 23.2 Å². The van der Waals surface area contributed by atoms with Crippen LogP contribution in [-0.2, 0) is 10.8 Å². The largest absolute Gasteiger partial charge is 0.309 e. The van der Waals surface area contributed by atoms with E-state index in [1.807, 2.05) is 12.1 Å². The third kappa shape index (κ3) is 12.6. The third-order valence-corrected chi connectivity index (χ3v) is 17.5. The average molecular weight is 1200 g/mol. The topological polar surface area (TPSA) is 6.48 Å². The summed E-state index contributed by atoms with van der Waals surface area (Å²) in [5, 5.41) is 1.27. The van der Waals surface area contributed by atoms with Crippen molar-refractivity contribution in [2.45, 2.75) is 52.4 Å². The Labute approximate surface area is 541 Å². The van der Waals surface area contributed by atoms with Crippen molar-refractivity contribution in [1.29, 1.82) is 0 Å². The first kappa shape index (κ1) is 59.0. The van der Waals surface area contributed by atoms with E-state index in [0.29, 0.717) is 10.0 Å². The van der Waals surface area contributed by atoms with Crippen LogP contribution in [0, 0.1) is 0 Å². The summed E-state index contributed by atoms with van der Waals surface area (Å²) in [5.74, 6) is 0. The van der Waals surface area contributed by atoms with Crippen molar-refractivity contribution < 1.29 is 0 Å². The van der Waals surface area contributed by atoms with Crippen molar-refractivity contribution in [3.05, 3.63) is 337 Å². The Bertz CT molecular complexity index is 4690. The summed E-state index contributed by atoms with van der Waals surface area (Å²) in [6, 6.07) is 114. The molecule has 90 heavy (non-hydrogen) atoms. The van der Waals surface area contributed by atoms with Crippen molar-refractivity contribution in [2.75, 3.05) is 9.80 Å². The van der Waals surface area contributed by atoms with Gasteiger partial charge in [-0.1, -0.05) is 289 Å². The highest BCUT2D eigenvalue weighted by molar-refractivity contribution is 6.31. The molecule has 0 aliphatic heterocycles. The lowest BCUT2D eigenvalue weighted by Gasteiger charge is -2.36. The predicted octanol–water partition coefficient (Wildman–Crippen LogP) is 25.9. The van der Waals surface area contributed by atoms with Crippen LogP contribution in [0.5, 0.6) is 0 Å². The van der Waals surface area contributed by atoms with Crippen molar-refractivity contribution in [3.8, 4) is 89.0 Å². The zero-order valence-corrected chi connectivity index (χ0v) is 53.2. The van der Waals surface area contributed by atoms with Crippen LogP contribution < -0.4 is 9.80 Å². The van der Waals surface area contributed by atoms with Crippen molar-refractivity contribution in [2.24, 2.45) is 0 Å². The maximum Gasteiger partial charge on any atom is 0.0618 e. The smallest absolute Gasteiger partial charge is 0.0618 e. The van der Waals surface area contributed by atoms with Gasteiger partial charge in [0.15, 0.2) is 0 Å². The van der Waals surface area contributed by atoms with Crippen LogP contribution in [0.4, 0.5) is 34.1 Å². The third-order valence-electron chi connectivity index (χ3n) is 17.0. The van der Waals surface area contributed by atoms with Gasteiger partial charge in [0.1, 0.15) is 0 Å². The zero-order chi connectivity index (χ0) is 61.9. The van der Waals surface area contributed by atoms with Crippen molar-refractivity contribution >= 4 is 57.3 Å². The van der Waals surface area contributed by atoms with Crippen molar-refractivity contribution in [3.63, 3.8) is 0 Å². The minimum absolute atomic E-state index is 0.217. The Morgan fingerprint density at radius 1 is 0.211 bits per heavy atom. The number of anilines is 6. The fourth-order valence-electron chi connectivity index (χ4n) is 12.3. The Balaban J connectivity index is 1.09. The van der Waals surface area contributed by atoms with Gasteiger partial charge in [-0.2, -0.15) is 0 Å². The van der Waals surface area contributed by atoms with E-state index in [1.165, 1.54) is 27.8 Å². The van der Waals surface area contributed by atoms with Gasteiger partial charge in [-0.3, -0.25) is 0 Å². The molecule has 0 aromatic heterocycles. The standard InChI is InChI=1S/C86H70Cl2N2/c1-85(2,3)71-52-77(89(75-44-23-42-73(87)56-75)83-79(61-30-15-9-16-31-61)46-25-47-80(83)69-40-21-38-67(50-69)65-36-19-34-63(48-65)59-26-11-7-12-27-59)58-78(53-71)90(76-45-24-43-74(88)57-76)84-81(62-32-17-10-18-33-62)54-72(86(4,5)6)55-82(84)70-41-22-39-68(51-70)66-37-20-35-64(49-66)60-28-13-8-14-29-60/h7-58H,1-6H3. The molecular formula is C86H70Cl2N2. The minimum Gasteiger partial charge on any atom is -0.309 e. The molecule has 2 nitrogen and oxygen atoms in total. The summed E-state index contributed by atoms with van der Waals surface area (Å²) in [5.41, 5.74) is 25.5. The highest BCUT2D eigenvalue weighted by atomic mass is 35.5. The summed E-state index contributed by atoms with van der Waals surface area (Å²) in [4.78, 5) is 4.90. The summed E-state index contributed by atoms with van der Waals surface area (Å²) in [7, 11) is 0. The molecule has 0 saturated carbocycles. The molecule has 0 radical (unpaired) electrons. The Hall–Kier alpha value is -9.96. The molecule has 0 saturated heterocycles. The number of hydrogen-bond acceptors (Lipinski definition) is 2. The van der Waals surface area contributed by atoms with E-state index >= 15 is 0 Å². The second-order valence-corrected chi connectivity index (χ2v) is 26.2. The molecule has 0 heterocycles. The first-order chi connectivity index (χ1) is 43.7. The number of halogens is 2. The molecule has 0 fully saturated rings. The van der Waals surface area contributed by atoms with E-state index in [0.717, 1.165) is 106 Å². The Morgan fingerprint density at radius 2 is 0.489 bits per heavy atom. The van der Waals surface area contributed by atoms with Gasteiger partial charge >= 0.3 is 0 Å². The van der Waals surface area contributed by atoms with Gasteiger partial charge in [0, 0.05) is 55.0 Å².